The average Bonchev–Trinajstić information content (AvgIpc) is 2.56. The zero-order chi connectivity index (χ0) is 18.4. The lowest BCUT2D eigenvalue weighted by molar-refractivity contribution is -0.123. The normalized spacial score (nSPS) is 11.5. The van der Waals surface area contributed by atoms with Gasteiger partial charge in [0.05, 0.1) is 17.9 Å². The van der Waals surface area contributed by atoms with E-state index in [4.69, 9.17) is 21.1 Å². The Morgan fingerprint density at radius 3 is 2.64 bits per heavy atom. The molecule has 0 unspecified atom stereocenters. The van der Waals surface area contributed by atoms with E-state index in [2.05, 4.69) is 5.32 Å². The van der Waals surface area contributed by atoms with Crippen LogP contribution < -0.4 is 10.1 Å². The van der Waals surface area contributed by atoms with Crippen LogP contribution in [0.1, 0.15) is 24.2 Å². The topological polar surface area (TPSA) is 64.6 Å². The Labute approximate surface area is 149 Å². The number of carbonyl (C=O) groups excluding carboxylic acids is 2. The molecule has 1 N–H and O–H groups in total. The molecule has 0 bridgehead atoms. The number of esters is 1. The number of ether oxygens (including phenoxy) is 2. The summed E-state index contributed by atoms with van der Waals surface area (Å²) in [7, 11) is 0. The molecule has 0 aliphatic rings. The van der Waals surface area contributed by atoms with Crippen molar-refractivity contribution in [3.8, 4) is 5.75 Å². The minimum absolute atomic E-state index is 0.160. The van der Waals surface area contributed by atoms with Gasteiger partial charge in [-0.05, 0) is 44.2 Å². The lowest BCUT2D eigenvalue weighted by atomic mass is 10.2. The average molecular weight is 366 g/mol. The number of amides is 1. The molecule has 5 nitrogen and oxygen atoms in total. The van der Waals surface area contributed by atoms with Crippen molar-refractivity contribution >= 4 is 29.2 Å². The summed E-state index contributed by atoms with van der Waals surface area (Å²) in [6.07, 6.45) is -1.13. The van der Waals surface area contributed by atoms with Crippen LogP contribution in [0, 0.1) is 5.82 Å². The second kappa shape index (κ2) is 8.48. The molecule has 2 rings (SSSR count). The van der Waals surface area contributed by atoms with E-state index in [-0.39, 0.29) is 10.6 Å². The van der Waals surface area contributed by atoms with E-state index in [0.29, 0.717) is 18.0 Å². The highest BCUT2D eigenvalue weighted by molar-refractivity contribution is 6.30. The highest BCUT2D eigenvalue weighted by Gasteiger charge is 2.22. The smallest absolute Gasteiger partial charge is 0.341 e. The molecule has 2 aromatic rings. The predicted octanol–water partition coefficient (Wildman–Crippen LogP) is 4.06. The number of benzene rings is 2. The number of hydrogen-bond donors (Lipinski definition) is 1. The first-order chi connectivity index (χ1) is 11.9. The summed E-state index contributed by atoms with van der Waals surface area (Å²) in [4.78, 5) is 24.2. The molecule has 0 heterocycles. The Morgan fingerprint density at radius 1 is 1.24 bits per heavy atom. The van der Waals surface area contributed by atoms with Crippen LogP contribution in [0.3, 0.4) is 0 Å². The molecule has 1 atom stereocenters. The van der Waals surface area contributed by atoms with Gasteiger partial charge in [0.1, 0.15) is 11.6 Å². The largest absolute Gasteiger partial charge is 0.492 e. The maximum Gasteiger partial charge on any atom is 0.341 e. The summed E-state index contributed by atoms with van der Waals surface area (Å²) in [6, 6.07) is 10.4. The van der Waals surface area contributed by atoms with E-state index in [1.54, 1.807) is 24.3 Å². The molecule has 7 heteroatoms. The van der Waals surface area contributed by atoms with Gasteiger partial charge in [0.2, 0.25) is 0 Å². The third kappa shape index (κ3) is 4.93. The molecule has 0 spiro atoms. The second-order valence-corrected chi connectivity index (χ2v) is 5.53. The lowest BCUT2D eigenvalue weighted by Crippen LogP contribution is -2.30. The van der Waals surface area contributed by atoms with Crippen molar-refractivity contribution in [3.63, 3.8) is 0 Å². The van der Waals surface area contributed by atoms with Gasteiger partial charge in [0.15, 0.2) is 6.10 Å². The Kier molecular flexibility index (Phi) is 6.36. The van der Waals surface area contributed by atoms with Gasteiger partial charge in [-0.3, -0.25) is 4.79 Å². The van der Waals surface area contributed by atoms with Crippen LogP contribution in [0.25, 0.3) is 0 Å². The summed E-state index contributed by atoms with van der Waals surface area (Å²) in [5, 5.41) is 2.78. The molecule has 0 aliphatic heterocycles. The van der Waals surface area contributed by atoms with E-state index in [1.807, 2.05) is 6.92 Å². The number of nitrogens with one attached hydrogen (secondary N) is 1. The molecule has 25 heavy (non-hydrogen) atoms. The third-order valence-electron chi connectivity index (χ3n) is 3.25. The van der Waals surface area contributed by atoms with Crippen molar-refractivity contribution in [2.75, 3.05) is 11.9 Å². The molecule has 0 saturated carbocycles. The van der Waals surface area contributed by atoms with Gasteiger partial charge in [-0.25, -0.2) is 9.18 Å². The van der Waals surface area contributed by atoms with Crippen molar-refractivity contribution in [1.82, 2.24) is 0 Å². The van der Waals surface area contributed by atoms with Crippen LogP contribution in [0.2, 0.25) is 5.02 Å². The number of rotatable bonds is 6. The van der Waals surface area contributed by atoms with Crippen LogP contribution in [0.4, 0.5) is 10.1 Å². The maximum absolute atomic E-state index is 13.7. The highest BCUT2D eigenvalue weighted by atomic mass is 35.5. The van der Waals surface area contributed by atoms with Crippen LogP contribution in [0.5, 0.6) is 5.75 Å². The van der Waals surface area contributed by atoms with Crippen molar-refractivity contribution in [3.05, 3.63) is 58.9 Å². The number of carbonyl (C=O) groups is 2. The standard InChI is InChI=1S/C18H17ClFNO4/c1-3-24-16-7-5-4-6-15(16)21-17(22)11(2)25-18(23)13-9-8-12(19)10-14(13)20/h4-11H,3H2,1-2H3,(H,21,22)/t11-/m0/s1. The number of hydrogen-bond acceptors (Lipinski definition) is 4. The van der Waals surface area contributed by atoms with Crippen LogP contribution >= 0.6 is 11.6 Å². The number of halogens is 2. The SMILES string of the molecule is CCOc1ccccc1NC(=O)[C@H](C)OC(=O)c1ccc(Cl)cc1F. The van der Waals surface area contributed by atoms with Crippen molar-refractivity contribution in [2.24, 2.45) is 0 Å². The molecule has 2 aromatic carbocycles. The zero-order valence-electron chi connectivity index (χ0n) is 13.7. The summed E-state index contributed by atoms with van der Waals surface area (Å²) in [5.74, 6) is -1.82. The minimum Gasteiger partial charge on any atom is -0.492 e. The number of anilines is 1. The Balaban J connectivity index is 2.04. The summed E-state index contributed by atoms with van der Waals surface area (Å²) in [5.41, 5.74) is 0.161. The Morgan fingerprint density at radius 2 is 1.96 bits per heavy atom. The molecular weight excluding hydrogens is 349 g/mol. The van der Waals surface area contributed by atoms with Gasteiger partial charge < -0.3 is 14.8 Å². The monoisotopic (exact) mass is 365 g/mol. The molecule has 1 amide bonds. The number of para-hydroxylation sites is 2. The summed E-state index contributed by atoms with van der Waals surface area (Å²) in [6.45, 7) is 3.65. The lowest BCUT2D eigenvalue weighted by Gasteiger charge is -2.15. The zero-order valence-corrected chi connectivity index (χ0v) is 14.5. The van der Waals surface area contributed by atoms with Gasteiger partial charge in [-0.1, -0.05) is 23.7 Å². The fourth-order valence-electron chi connectivity index (χ4n) is 2.02. The van der Waals surface area contributed by atoms with Gasteiger partial charge >= 0.3 is 5.97 Å². The van der Waals surface area contributed by atoms with Crippen molar-refractivity contribution in [2.45, 2.75) is 20.0 Å². The van der Waals surface area contributed by atoms with E-state index in [0.717, 1.165) is 6.07 Å². The van der Waals surface area contributed by atoms with Gasteiger partial charge in [-0.2, -0.15) is 0 Å². The van der Waals surface area contributed by atoms with Gasteiger partial charge in [0, 0.05) is 5.02 Å². The van der Waals surface area contributed by atoms with Gasteiger partial charge in [-0.15, -0.1) is 0 Å². The summed E-state index contributed by atoms with van der Waals surface area (Å²) >= 11 is 5.64. The van der Waals surface area contributed by atoms with Crippen molar-refractivity contribution in [1.29, 1.82) is 0 Å². The Hall–Kier alpha value is -2.60. The van der Waals surface area contributed by atoms with E-state index in [9.17, 15) is 14.0 Å². The molecule has 0 radical (unpaired) electrons. The Bertz CT molecular complexity index is 781. The molecule has 0 saturated heterocycles. The fraction of sp³-hybridized carbons (Fsp3) is 0.222. The third-order valence-corrected chi connectivity index (χ3v) is 3.48. The predicted molar refractivity (Wildman–Crippen MR) is 92.5 cm³/mol. The maximum atomic E-state index is 13.7. The van der Waals surface area contributed by atoms with Crippen LogP contribution in [-0.2, 0) is 9.53 Å². The first-order valence-electron chi connectivity index (χ1n) is 7.61. The molecule has 132 valence electrons. The molecular formula is C18H17ClFNO4. The highest BCUT2D eigenvalue weighted by Crippen LogP contribution is 2.24. The first kappa shape index (κ1) is 18.7. The van der Waals surface area contributed by atoms with E-state index < -0.39 is 23.8 Å². The molecule has 0 fully saturated rings. The summed E-state index contributed by atoms with van der Waals surface area (Å²) < 4.78 is 24.2. The quantitative estimate of drug-likeness (QED) is 0.784. The van der Waals surface area contributed by atoms with Crippen LogP contribution in [-0.4, -0.2) is 24.6 Å². The first-order valence-corrected chi connectivity index (χ1v) is 7.99. The van der Waals surface area contributed by atoms with E-state index in [1.165, 1.54) is 19.1 Å². The van der Waals surface area contributed by atoms with Crippen LogP contribution in [0.15, 0.2) is 42.5 Å². The van der Waals surface area contributed by atoms with E-state index >= 15 is 0 Å². The minimum atomic E-state index is -1.13. The molecule has 0 aromatic heterocycles. The van der Waals surface area contributed by atoms with Gasteiger partial charge in [0.25, 0.3) is 5.91 Å². The second-order valence-electron chi connectivity index (χ2n) is 5.09. The van der Waals surface area contributed by atoms with Crippen molar-refractivity contribution < 1.29 is 23.5 Å². The fourth-order valence-corrected chi connectivity index (χ4v) is 2.18. The molecule has 0 aliphatic carbocycles.